The zero-order valence-electron chi connectivity index (χ0n) is 14.2. The Kier molecular flexibility index (Phi) is 4.17. The van der Waals surface area contributed by atoms with E-state index < -0.39 is 0 Å². The Balaban J connectivity index is 1.30. The zero-order valence-corrected chi connectivity index (χ0v) is 14.2. The second kappa shape index (κ2) is 6.46. The highest BCUT2D eigenvalue weighted by atomic mass is 16.3. The van der Waals surface area contributed by atoms with Crippen molar-refractivity contribution in [3.8, 4) is 0 Å². The minimum atomic E-state index is 0.226. The molecule has 5 nitrogen and oxygen atoms in total. The van der Waals surface area contributed by atoms with Crippen molar-refractivity contribution in [1.82, 2.24) is 14.7 Å². The van der Waals surface area contributed by atoms with Crippen LogP contribution in [-0.2, 0) is 11.2 Å². The lowest BCUT2D eigenvalue weighted by atomic mass is 10.1. The van der Waals surface area contributed by atoms with E-state index in [2.05, 4.69) is 18.1 Å². The number of aromatic nitrogens is 2. The average Bonchev–Trinajstić information content (AvgIpc) is 3.04. The fraction of sp³-hybridized carbons (Fsp3) is 0.579. The molecule has 1 amide bonds. The van der Waals surface area contributed by atoms with Gasteiger partial charge in [0.1, 0.15) is 11.5 Å². The molecule has 0 N–H and O–H groups in total. The molecule has 128 valence electrons. The Morgan fingerprint density at radius 3 is 3.04 bits per heavy atom. The summed E-state index contributed by atoms with van der Waals surface area (Å²) in [6, 6.07) is 6.37. The van der Waals surface area contributed by atoms with E-state index in [0.29, 0.717) is 24.8 Å². The van der Waals surface area contributed by atoms with Crippen LogP contribution < -0.4 is 0 Å². The average molecular weight is 327 g/mol. The molecular weight excluding hydrogens is 302 g/mol. The van der Waals surface area contributed by atoms with Gasteiger partial charge in [0.2, 0.25) is 5.91 Å². The molecule has 1 saturated carbocycles. The third-order valence-electron chi connectivity index (χ3n) is 5.39. The minimum Gasteiger partial charge on any atom is -0.466 e. The topological polar surface area (TPSA) is 51.3 Å². The molecule has 2 fully saturated rings. The predicted octanol–water partition coefficient (Wildman–Crippen LogP) is 3.40. The first-order chi connectivity index (χ1) is 11.7. The van der Waals surface area contributed by atoms with Gasteiger partial charge in [-0.2, -0.15) is 5.10 Å². The molecule has 24 heavy (non-hydrogen) atoms. The highest BCUT2D eigenvalue weighted by Crippen LogP contribution is 2.47. The molecule has 3 atom stereocenters. The van der Waals surface area contributed by atoms with Gasteiger partial charge in [0.15, 0.2) is 0 Å². The van der Waals surface area contributed by atoms with E-state index in [1.165, 1.54) is 6.42 Å². The minimum absolute atomic E-state index is 0.226. The van der Waals surface area contributed by atoms with Crippen molar-refractivity contribution in [2.24, 2.45) is 5.92 Å². The Morgan fingerprint density at radius 1 is 1.42 bits per heavy atom. The van der Waals surface area contributed by atoms with Crippen molar-refractivity contribution in [1.29, 1.82) is 0 Å². The van der Waals surface area contributed by atoms with E-state index in [-0.39, 0.29) is 5.91 Å². The lowest BCUT2D eigenvalue weighted by Gasteiger charge is -2.33. The molecule has 2 aromatic heterocycles. The molecule has 0 unspecified atom stereocenters. The van der Waals surface area contributed by atoms with Crippen LogP contribution in [0.25, 0.3) is 0 Å². The van der Waals surface area contributed by atoms with Gasteiger partial charge < -0.3 is 9.32 Å². The number of aryl methyl sites for hydroxylation is 1. The third-order valence-corrected chi connectivity index (χ3v) is 5.39. The van der Waals surface area contributed by atoms with Crippen LogP contribution in [0.2, 0.25) is 0 Å². The predicted molar refractivity (Wildman–Crippen MR) is 90.6 cm³/mol. The summed E-state index contributed by atoms with van der Waals surface area (Å²) in [7, 11) is 0. The molecule has 0 aromatic carbocycles. The van der Waals surface area contributed by atoms with Crippen molar-refractivity contribution in [3.05, 3.63) is 42.1 Å². The number of piperidine rings is 1. The van der Waals surface area contributed by atoms with Gasteiger partial charge in [0.25, 0.3) is 0 Å². The van der Waals surface area contributed by atoms with Gasteiger partial charge in [-0.05, 0) is 43.4 Å². The number of amides is 1. The summed E-state index contributed by atoms with van der Waals surface area (Å²) >= 11 is 0. The van der Waals surface area contributed by atoms with E-state index in [9.17, 15) is 4.79 Å². The number of carbonyl (C=O) groups is 1. The molecule has 2 aromatic rings. The Hall–Kier alpha value is -2.04. The zero-order chi connectivity index (χ0) is 16.5. The van der Waals surface area contributed by atoms with E-state index in [1.54, 1.807) is 6.20 Å². The normalized spacial score (nSPS) is 26.5. The molecule has 0 spiro atoms. The maximum Gasteiger partial charge on any atom is 0.223 e. The highest BCUT2D eigenvalue weighted by molar-refractivity contribution is 5.76. The molecule has 1 saturated heterocycles. The summed E-state index contributed by atoms with van der Waals surface area (Å²) in [5.74, 6) is 3.62. The van der Waals surface area contributed by atoms with Crippen molar-refractivity contribution in [3.63, 3.8) is 0 Å². The Bertz CT molecular complexity index is 691. The van der Waals surface area contributed by atoms with Gasteiger partial charge in [-0.15, -0.1) is 0 Å². The summed E-state index contributed by atoms with van der Waals surface area (Å²) in [4.78, 5) is 14.5. The lowest BCUT2D eigenvalue weighted by Crippen LogP contribution is -2.40. The summed E-state index contributed by atoms with van der Waals surface area (Å²) in [5, 5.41) is 4.32. The third kappa shape index (κ3) is 3.25. The number of carbonyl (C=O) groups excluding carboxylic acids is 1. The standard InChI is InChI=1S/C19H25N3O2/c1-14-12-17(14)18-7-5-16(24-18)6-8-19(23)21-10-2-4-15(13-21)22-11-3-9-20-22/h3,5,7,9,11,14-15,17H,2,4,6,8,10,12-13H2,1H3/t14-,15-,17-/m1/s1. The van der Waals surface area contributed by atoms with Crippen molar-refractivity contribution in [2.75, 3.05) is 13.1 Å². The van der Waals surface area contributed by atoms with Crippen LogP contribution in [0.4, 0.5) is 0 Å². The van der Waals surface area contributed by atoms with Crippen LogP contribution >= 0.6 is 0 Å². The molecule has 4 rings (SSSR count). The second-order valence-electron chi connectivity index (χ2n) is 7.25. The molecule has 1 aliphatic carbocycles. The van der Waals surface area contributed by atoms with Crippen molar-refractivity contribution < 1.29 is 9.21 Å². The van der Waals surface area contributed by atoms with Gasteiger partial charge in [-0.25, -0.2) is 0 Å². The maximum atomic E-state index is 12.5. The molecule has 0 radical (unpaired) electrons. The van der Waals surface area contributed by atoms with E-state index >= 15 is 0 Å². The molecule has 1 aliphatic heterocycles. The van der Waals surface area contributed by atoms with E-state index in [0.717, 1.165) is 43.4 Å². The second-order valence-corrected chi connectivity index (χ2v) is 7.25. The summed E-state index contributed by atoms with van der Waals surface area (Å²) in [5.41, 5.74) is 0. The maximum absolute atomic E-state index is 12.5. The lowest BCUT2D eigenvalue weighted by molar-refractivity contribution is -0.132. The number of likely N-dealkylation sites (tertiary alicyclic amines) is 1. The van der Waals surface area contributed by atoms with E-state index in [1.807, 2.05) is 27.9 Å². The summed E-state index contributed by atoms with van der Waals surface area (Å²) in [6.07, 6.45) is 8.38. The van der Waals surface area contributed by atoms with Crippen LogP contribution in [0, 0.1) is 5.92 Å². The van der Waals surface area contributed by atoms with Crippen molar-refractivity contribution in [2.45, 2.75) is 51.0 Å². The quantitative estimate of drug-likeness (QED) is 0.846. The number of hydrogen-bond donors (Lipinski definition) is 0. The van der Waals surface area contributed by atoms with Gasteiger partial charge in [-0.3, -0.25) is 9.48 Å². The highest BCUT2D eigenvalue weighted by Gasteiger charge is 2.36. The number of hydrogen-bond acceptors (Lipinski definition) is 3. The SMILES string of the molecule is C[C@@H]1C[C@H]1c1ccc(CCC(=O)N2CCC[C@@H](n3cccn3)C2)o1. The van der Waals surface area contributed by atoms with Gasteiger partial charge in [0, 0.05) is 44.2 Å². The molecule has 5 heteroatoms. The fourth-order valence-corrected chi connectivity index (χ4v) is 3.73. The van der Waals surface area contributed by atoms with Crippen LogP contribution in [0.15, 0.2) is 35.0 Å². The van der Waals surface area contributed by atoms with Crippen molar-refractivity contribution >= 4 is 5.91 Å². The first-order valence-corrected chi connectivity index (χ1v) is 9.06. The molecular formula is C19H25N3O2. The Labute approximate surface area is 142 Å². The van der Waals surface area contributed by atoms with Crippen LogP contribution in [-0.4, -0.2) is 33.7 Å². The first kappa shape index (κ1) is 15.5. The molecule has 3 heterocycles. The van der Waals surface area contributed by atoms with Crippen LogP contribution in [0.1, 0.15) is 56.1 Å². The van der Waals surface area contributed by atoms with Crippen LogP contribution in [0.5, 0.6) is 0 Å². The van der Waals surface area contributed by atoms with Gasteiger partial charge in [-0.1, -0.05) is 6.92 Å². The monoisotopic (exact) mass is 327 g/mol. The molecule has 0 bridgehead atoms. The first-order valence-electron chi connectivity index (χ1n) is 9.06. The number of nitrogens with zero attached hydrogens (tertiary/aromatic N) is 3. The molecule has 2 aliphatic rings. The summed E-state index contributed by atoms with van der Waals surface area (Å²) in [6.45, 7) is 3.88. The largest absolute Gasteiger partial charge is 0.466 e. The van der Waals surface area contributed by atoms with Gasteiger partial charge >= 0.3 is 0 Å². The Morgan fingerprint density at radius 2 is 2.29 bits per heavy atom. The van der Waals surface area contributed by atoms with E-state index in [4.69, 9.17) is 4.42 Å². The number of furan rings is 1. The fourth-order valence-electron chi connectivity index (χ4n) is 3.73. The summed E-state index contributed by atoms with van der Waals surface area (Å²) < 4.78 is 7.89. The number of rotatable bonds is 5. The smallest absolute Gasteiger partial charge is 0.223 e. The van der Waals surface area contributed by atoms with Crippen LogP contribution in [0.3, 0.4) is 0 Å². The van der Waals surface area contributed by atoms with Gasteiger partial charge in [0.05, 0.1) is 6.04 Å².